The third-order valence-corrected chi connectivity index (χ3v) is 3.71. The summed E-state index contributed by atoms with van der Waals surface area (Å²) in [6.07, 6.45) is 0.753. The highest BCUT2D eigenvalue weighted by Crippen LogP contribution is 2.30. The second-order valence-electron chi connectivity index (χ2n) is 5.05. The predicted octanol–water partition coefficient (Wildman–Crippen LogP) is 2.92. The number of aryl methyl sites for hydroxylation is 1. The highest BCUT2D eigenvalue weighted by Gasteiger charge is 2.26. The first kappa shape index (κ1) is 12.7. The summed E-state index contributed by atoms with van der Waals surface area (Å²) in [5.41, 5.74) is 9.57. The molecule has 2 aromatic rings. The Morgan fingerprint density at radius 2 is 2.05 bits per heavy atom. The number of carbonyl (C=O) groups excluding carboxylic acids is 1. The summed E-state index contributed by atoms with van der Waals surface area (Å²) < 4.78 is 13.4. The Morgan fingerprint density at radius 1 is 1.25 bits per heavy atom. The van der Waals surface area contributed by atoms with Gasteiger partial charge in [0.25, 0.3) is 5.91 Å². The molecule has 1 aliphatic heterocycles. The van der Waals surface area contributed by atoms with Gasteiger partial charge in [-0.15, -0.1) is 0 Å². The summed E-state index contributed by atoms with van der Waals surface area (Å²) in [6, 6.07) is 9.83. The summed E-state index contributed by atoms with van der Waals surface area (Å²) >= 11 is 0. The number of rotatable bonds is 1. The molecule has 0 radical (unpaired) electrons. The van der Waals surface area contributed by atoms with Crippen LogP contribution in [0.4, 0.5) is 15.8 Å². The summed E-state index contributed by atoms with van der Waals surface area (Å²) in [7, 11) is 0. The second-order valence-corrected chi connectivity index (χ2v) is 5.05. The van der Waals surface area contributed by atoms with E-state index in [1.807, 2.05) is 13.0 Å². The SMILES string of the molecule is Cc1ccc(C(=O)N2CCc3ccc(F)cc32)cc1N. The summed E-state index contributed by atoms with van der Waals surface area (Å²) in [5.74, 6) is -0.465. The predicted molar refractivity (Wildman–Crippen MR) is 77.4 cm³/mol. The molecule has 102 valence electrons. The van der Waals surface area contributed by atoms with Gasteiger partial charge in [0.1, 0.15) is 5.82 Å². The molecule has 0 fully saturated rings. The number of nitrogens with zero attached hydrogens (tertiary/aromatic N) is 1. The van der Waals surface area contributed by atoms with Crippen LogP contribution in [0, 0.1) is 12.7 Å². The van der Waals surface area contributed by atoms with Gasteiger partial charge in [-0.3, -0.25) is 4.79 Å². The number of halogens is 1. The van der Waals surface area contributed by atoms with Crippen molar-refractivity contribution in [2.45, 2.75) is 13.3 Å². The van der Waals surface area contributed by atoms with Crippen LogP contribution in [0.15, 0.2) is 36.4 Å². The van der Waals surface area contributed by atoms with Gasteiger partial charge in [0.05, 0.1) is 5.69 Å². The smallest absolute Gasteiger partial charge is 0.258 e. The number of nitrogens with two attached hydrogens (primary N) is 1. The number of benzene rings is 2. The fourth-order valence-electron chi connectivity index (χ4n) is 2.49. The zero-order chi connectivity index (χ0) is 14.3. The monoisotopic (exact) mass is 270 g/mol. The first-order valence-electron chi connectivity index (χ1n) is 6.52. The van der Waals surface area contributed by atoms with Gasteiger partial charge in [0.2, 0.25) is 0 Å². The number of fused-ring (bicyclic) bond motifs is 1. The Labute approximate surface area is 116 Å². The molecule has 2 aromatic carbocycles. The van der Waals surface area contributed by atoms with Crippen molar-refractivity contribution in [1.29, 1.82) is 0 Å². The lowest BCUT2D eigenvalue weighted by Gasteiger charge is -2.18. The largest absolute Gasteiger partial charge is 0.398 e. The second kappa shape index (κ2) is 4.63. The molecule has 4 heteroatoms. The quantitative estimate of drug-likeness (QED) is 0.810. The minimum Gasteiger partial charge on any atom is -0.398 e. The van der Waals surface area contributed by atoms with Crippen LogP contribution in [0.2, 0.25) is 0 Å². The van der Waals surface area contributed by atoms with Crippen molar-refractivity contribution < 1.29 is 9.18 Å². The molecule has 2 N–H and O–H groups in total. The molecule has 0 aliphatic carbocycles. The molecule has 1 aliphatic rings. The zero-order valence-corrected chi connectivity index (χ0v) is 11.2. The molecular weight excluding hydrogens is 255 g/mol. The zero-order valence-electron chi connectivity index (χ0n) is 11.2. The maximum atomic E-state index is 13.4. The van der Waals surface area contributed by atoms with Crippen LogP contribution in [-0.4, -0.2) is 12.5 Å². The normalized spacial score (nSPS) is 13.4. The van der Waals surface area contributed by atoms with Crippen LogP contribution < -0.4 is 10.6 Å². The summed E-state index contributed by atoms with van der Waals surface area (Å²) in [5, 5.41) is 0. The average molecular weight is 270 g/mol. The molecular formula is C16H15FN2O. The fraction of sp³-hybridized carbons (Fsp3) is 0.188. The lowest BCUT2D eigenvalue weighted by atomic mass is 10.1. The number of carbonyl (C=O) groups is 1. The first-order chi connectivity index (χ1) is 9.56. The van der Waals surface area contributed by atoms with E-state index in [1.165, 1.54) is 12.1 Å². The van der Waals surface area contributed by atoms with E-state index in [2.05, 4.69) is 0 Å². The molecule has 0 bridgehead atoms. The molecule has 0 saturated heterocycles. The fourth-order valence-corrected chi connectivity index (χ4v) is 2.49. The van der Waals surface area contributed by atoms with Crippen molar-refractivity contribution in [2.75, 3.05) is 17.2 Å². The molecule has 3 rings (SSSR count). The highest BCUT2D eigenvalue weighted by atomic mass is 19.1. The Bertz CT molecular complexity index is 697. The summed E-state index contributed by atoms with van der Waals surface area (Å²) in [6.45, 7) is 2.47. The molecule has 0 spiro atoms. The standard InChI is InChI=1S/C16H15FN2O/c1-10-2-3-12(8-14(10)18)16(20)19-7-6-11-4-5-13(17)9-15(11)19/h2-5,8-9H,6-7,18H2,1H3. The molecule has 3 nitrogen and oxygen atoms in total. The van der Waals surface area contributed by atoms with Crippen molar-refractivity contribution in [3.05, 3.63) is 58.9 Å². The van der Waals surface area contributed by atoms with Crippen molar-refractivity contribution in [2.24, 2.45) is 0 Å². The van der Waals surface area contributed by atoms with Gasteiger partial charge in [-0.1, -0.05) is 12.1 Å². The van der Waals surface area contributed by atoms with E-state index in [1.54, 1.807) is 23.1 Å². The number of amides is 1. The molecule has 0 unspecified atom stereocenters. The molecule has 0 aromatic heterocycles. The topological polar surface area (TPSA) is 46.3 Å². The molecule has 1 heterocycles. The minimum absolute atomic E-state index is 0.138. The van der Waals surface area contributed by atoms with Gasteiger partial charge in [-0.2, -0.15) is 0 Å². The highest BCUT2D eigenvalue weighted by molar-refractivity contribution is 6.07. The van der Waals surface area contributed by atoms with Gasteiger partial charge >= 0.3 is 0 Å². The van der Waals surface area contributed by atoms with Gasteiger partial charge in [-0.25, -0.2) is 4.39 Å². The van der Waals surface area contributed by atoms with E-state index >= 15 is 0 Å². The molecule has 1 amide bonds. The maximum absolute atomic E-state index is 13.4. The Kier molecular flexibility index (Phi) is 2.93. The van der Waals surface area contributed by atoms with E-state index in [4.69, 9.17) is 5.73 Å². The summed E-state index contributed by atoms with van der Waals surface area (Å²) in [4.78, 5) is 14.1. The van der Waals surface area contributed by atoms with Crippen LogP contribution in [0.5, 0.6) is 0 Å². The van der Waals surface area contributed by atoms with Crippen LogP contribution in [0.25, 0.3) is 0 Å². The number of hydrogen-bond acceptors (Lipinski definition) is 2. The average Bonchev–Trinajstić information content (AvgIpc) is 2.84. The van der Waals surface area contributed by atoms with Gasteiger partial charge in [-0.05, 0) is 48.7 Å². The van der Waals surface area contributed by atoms with Crippen LogP contribution in [0.3, 0.4) is 0 Å². The van der Waals surface area contributed by atoms with Crippen molar-refractivity contribution in [3.8, 4) is 0 Å². The third kappa shape index (κ3) is 2.03. The lowest BCUT2D eigenvalue weighted by molar-refractivity contribution is 0.0989. The van der Waals surface area contributed by atoms with Crippen LogP contribution >= 0.6 is 0 Å². The number of nitrogen functional groups attached to an aromatic ring is 1. The van der Waals surface area contributed by atoms with E-state index in [-0.39, 0.29) is 11.7 Å². The van der Waals surface area contributed by atoms with Crippen molar-refractivity contribution in [1.82, 2.24) is 0 Å². The van der Waals surface area contributed by atoms with E-state index in [0.29, 0.717) is 23.5 Å². The molecule has 20 heavy (non-hydrogen) atoms. The Balaban J connectivity index is 1.97. The van der Waals surface area contributed by atoms with Gasteiger partial charge in [0.15, 0.2) is 0 Å². The number of hydrogen-bond donors (Lipinski definition) is 1. The van der Waals surface area contributed by atoms with E-state index < -0.39 is 0 Å². The lowest BCUT2D eigenvalue weighted by Crippen LogP contribution is -2.29. The van der Waals surface area contributed by atoms with Crippen LogP contribution in [0.1, 0.15) is 21.5 Å². The maximum Gasteiger partial charge on any atom is 0.258 e. The van der Waals surface area contributed by atoms with Crippen molar-refractivity contribution in [3.63, 3.8) is 0 Å². The number of anilines is 2. The molecule has 0 saturated carbocycles. The minimum atomic E-state index is -0.327. The first-order valence-corrected chi connectivity index (χ1v) is 6.52. The van der Waals surface area contributed by atoms with Gasteiger partial charge < -0.3 is 10.6 Å². The van der Waals surface area contributed by atoms with Gasteiger partial charge in [0, 0.05) is 17.8 Å². The van der Waals surface area contributed by atoms with Crippen LogP contribution in [-0.2, 0) is 6.42 Å². The van der Waals surface area contributed by atoms with E-state index in [9.17, 15) is 9.18 Å². The molecule has 0 atom stereocenters. The van der Waals surface area contributed by atoms with Crippen molar-refractivity contribution >= 4 is 17.3 Å². The third-order valence-electron chi connectivity index (χ3n) is 3.71. The van der Waals surface area contributed by atoms with E-state index in [0.717, 1.165) is 17.5 Å². The Hall–Kier alpha value is -2.36. The Morgan fingerprint density at radius 3 is 2.80 bits per heavy atom.